The summed E-state index contributed by atoms with van der Waals surface area (Å²) in [6, 6.07) is 0. The van der Waals surface area contributed by atoms with Gasteiger partial charge in [0.2, 0.25) is 0 Å². The Balaban J connectivity index is 2.53. The van der Waals surface area contributed by atoms with E-state index in [1.165, 1.54) is 18.4 Å². The van der Waals surface area contributed by atoms with Crippen LogP contribution in [0.2, 0.25) is 0 Å². The van der Waals surface area contributed by atoms with Crippen LogP contribution in [0, 0.1) is 11.3 Å². The number of nitrogens with one attached hydrogen (secondary N) is 1. The van der Waals surface area contributed by atoms with Crippen LogP contribution in [-0.2, 0) is 4.74 Å². The van der Waals surface area contributed by atoms with E-state index in [4.69, 9.17) is 0 Å². The average Bonchev–Trinajstić information content (AvgIpc) is 2.72. The van der Waals surface area contributed by atoms with Gasteiger partial charge in [0.25, 0.3) is 0 Å². The van der Waals surface area contributed by atoms with Gasteiger partial charge in [-0.1, -0.05) is 39.0 Å². The molecule has 1 rings (SSSR count). The number of nitrogens with zero attached hydrogens (tertiary/aromatic N) is 1. The lowest BCUT2D eigenvalue weighted by Gasteiger charge is -2.27. The van der Waals surface area contributed by atoms with Crippen LogP contribution in [0.4, 0.5) is 5.13 Å². The Morgan fingerprint density at radius 3 is 2.76 bits per heavy atom. The zero-order valence-corrected chi connectivity index (χ0v) is 11.9. The van der Waals surface area contributed by atoms with E-state index in [0.29, 0.717) is 10.8 Å². The number of rotatable bonds is 4. The second kappa shape index (κ2) is 5.49. The summed E-state index contributed by atoms with van der Waals surface area (Å²) in [5.41, 5.74) is 0.259. The van der Waals surface area contributed by atoms with Crippen molar-refractivity contribution < 1.29 is 9.53 Å². The van der Waals surface area contributed by atoms with Crippen LogP contribution in [0.15, 0.2) is 6.20 Å². The zero-order chi connectivity index (χ0) is 13.1. The monoisotopic (exact) mass is 256 g/mol. The van der Waals surface area contributed by atoms with Crippen molar-refractivity contribution in [1.82, 2.24) is 4.98 Å². The van der Waals surface area contributed by atoms with Gasteiger partial charge in [-0.25, -0.2) is 9.78 Å². The first-order chi connectivity index (χ1) is 7.84. The number of methoxy groups -OCH3 is 1. The predicted molar refractivity (Wildman–Crippen MR) is 70.6 cm³/mol. The molecule has 0 aromatic carbocycles. The number of carbonyl (C=O) groups excluding carboxylic acids is 1. The number of anilines is 1. The molecule has 0 saturated carbocycles. The number of esters is 1. The molecule has 1 aromatic rings. The minimum atomic E-state index is -0.334. The Morgan fingerprint density at radius 2 is 2.24 bits per heavy atom. The standard InChI is InChI=1S/C12H20N2O2S/c1-8(12(2,3)4)6-13-11-14-7-9(17-11)10(15)16-5/h7-8H,6H2,1-5H3,(H,13,14). The third kappa shape index (κ3) is 4.00. The van der Waals surface area contributed by atoms with Crippen molar-refractivity contribution in [2.45, 2.75) is 27.7 Å². The van der Waals surface area contributed by atoms with E-state index in [1.54, 1.807) is 6.20 Å². The van der Waals surface area contributed by atoms with Crippen LogP contribution in [0.5, 0.6) is 0 Å². The van der Waals surface area contributed by atoms with Crippen LogP contribution in [0.25, 0.3) is 0 Å². The van der Waals surface area contributed by atoms with Crippen LogP contribution < -0.4 is 5.32 Å². The van der Waals surface area contributed by atoms with Gasteiger partial charge in [-0.15, -0.1) is 0 Å². The lowest BCUT2D eigenvalue weighted by molar-refractivity contribution is 0.0606. The third-order valence-electron chi connectivity index (χ3n) is 2.93. The van der Waals surface area contributed by atoms with Gasteiger partial charge in [0.1, 0.15) is 4.88 Å². The minimum absolute atomic E-state index is 0.259. The highest BCUT2D eigenvalue weighted by molar-refractivity contribution is 7.17. The molecule has 0 aliphatic rings. The number of hydrogen-bond donors (Lipinski definition) is 1. The highest BCUT2D eigenvalue weighted by Crippen LogP contribution is 2.26. The lowest BCUT2D eigenvalue weighted by Crippen LogP contribution is -2.24. The van der Waals surface area contributed by atoms with Crippen molar-refractivity contribution in [3.63, 3.8) is 0 Å². The molecule has 1 atom stereocenters. The molecule has 1 heterocycles. The number of aromatic nitrogens is 1. The smallest absolute Gasteiger partial charge is 0.349 e. The summed E-state index contributed by atoms with van der Waals surface area (Å²) in [7, 11) is 1.37. The molecule has 1 unspecified atom stereocenters. The Bertz CT molecular complexity index is 382. The summed E-state index contributed by atoms with van der Waals surface area (Å²) >= 11 is 1.32. The molecule has 5 heteroatoms. The largest absolute Gasteiger partial charge is 0.465 e. The van der Waals surface area contributed by atoms with E-state index < -0.39 is 0 Å². The number of hydrogen-bond acceptors (Lipinski definition) is 5. The van der Waals surface area contributed by atoms with Crippen molar-refractivity contribution in [3.8, 4) is 0 Å². The van der Waals surface area contributed by atoms with Gasteiger partial charge in [-0.2, -0.15) is 0 Å². The fourth-order valence-electron chi connectivity index (χ4n) is 1.10. The van der Waals surface area contributed by atoms with Crippen LogP contribution in [-0.4, -0.2) is 24.6 Å². The van der Waals surface area contributed by atoms with Crippen LogP contribution in [0.3, 0.4) is 0 Å². The normalized spacial score (nSPS) is 13.2. The molecule has 4 nitrogen and oxygen atoms in total. The van der Waals surface area contributed by atoms with E-state index in [9.17, 15) is 4.79 Å². The molecular weight excluding hydrogens is 236 g/mol. The Kier molecular flexibility index (Phi) is 4.51. The van der Waals surface area contributed by atoms with Crippen LogP contribution >= 0.6 is 11.3 Å². The second-order valence-corrected chi connectivity index (χ2v) is 6.20. The first kappa shape index (κ1) is 14.0. The van der Waals surface area contributed by atoms with Crippen molar-refractivity contribution >= 4 is 22.4 Å². The van der Waals surface area contributed by atoms with E-state index in [0.717, 1.165) is 11.7 Å². The van der Waals surface area contributed by atoms with Gasteiger partial charge in [0.15, 0.2) is 5.13 Å². The second-order valence-electron chi connectivity index (χ2n) is 5.17. The molecule has 96 valence electrons. The fourth-order valence-corrected chi connectivity index (χ4v) is 1.84. The van der Waals surface area contributed by atoms with E-state index in [-0.39, 0.29) is 11.4 Å². The van der Waals surface area contributed by atoms with Gasteiger partial charge < -0.3 is 10.1 Å². The van der Waals surface area contributed by atoms with Crippen molar-refractivity contribution in [2.24, 2.45) is 11.3 Å². The van der Waals surface area contributed by atoms with Crippen molar-refractivity contribution in [1.29, 1.82) is 0 Å². The first-order valence-corrected chi connectivity index (χ1v) is 6.44. The van der Waals surface area contributed by atoms with Crippen molar-refractivity contribution in [3.05, 3.63) is 11.1 Å². The topological polar surface area (TPSA) is 51.2 Å². The maximum atomic E-state index is 11.2. The highest BCUT2D eigenvalue weighted by Gasteiger charge is 2.20. The van der Waals surface area contributed by atoms with E-state index in [2.05, 4.69) is 42.7 Å². The predicted octanol–water partition coefficient (Wildman–Crippen LogP) is 3.02. The average molecular weight is 256 g/mol. The molecule has 1 N–H and O–H groups in total. The number of thiazole rings is 1. The molecule has 0 bridgehead atoms. The quantitative estimate of drug-likeness (QED) is 0.841. The summed E-state index contributed by atoms with van der Waals surface area (Å²) in [4.78, 5) is 15.9. The molecule has 0 spiro atoms. The minimum Gasteiger partial charge on any atom is -0.465 e. The number of carbonyl (C=O) groups is 1. The highest BCUT2D eigenvalue weighted by atomic mass is 32.1. The molecule has 0 amide bonds. The van der Waals surface area contributed by atoms with Gasteiger partial charge in [0.05, 0.1) is 13.3 Å². The Labute approximate surface area is 106 Å². The molecule has 0 aliphatic carbocycles. The lowest BCUT2D eigenvalue weighted by atomic mass is 9.82. The van der Waals surface area contributed by atoms with Gasteiger partial charge in [-0.05, 0) is 11.3 Å². The summed E-state index contributed by atoms with van der Waals surface area (Å²) in [5, 5.41) is 4.02. The summed E-state index contributed by atoms with van der Waals surface area (Å²) in [5.74, 6) is 0.187. The summed E-state index contributed by atoms with van der Waals surface area (Å²) in [6.07, 6.45) is 1.54. The molecule has 0 fully saturated rings. The summed E-state index contributed by atoms with van der Waals surface area (Å²) in [6.45, 7) is 9.67. The molecule has 1 aromatic heterocycles. The summed E-state index contributed by atoms with van der Waals surface area (Å²) < 4.78 is 4.63. The van der Waals surface area contributed by atoms with E-state index in [1.807, 2.05) is 0 Å². The first-order valence-electron chi connectivity index (χ1n) is 5.62. The Morgan fingerprint density at radius 1 is 1.59 bits per heavy atom. The molecule has 0 saturated heterocycles. The third-order valence-corrected chi connectivity index (χ3v) is 3.87. The molecule has 0 aliphatic heterocycles. The zero-order valence-electron chi connectivity index (χ0n) is 11.0. The maximum absolute atomic E-state index is 11.2. The number of ether oxygens (including phenoxy) is 1. The van der Waals surface area contributed by atoms with Gasteiger partial charge in [-0.3, -0.25) is 0 Å². The Hall–Kier alpha value is -1.10. The van der Waals surface area contributed by atoms with Crippen LogP contribution in [0.1, 0.15) is 37.4 Å². The van der Waals surface area contributed by atoms with Gasteiger partial charge in [0, 0.05) is 6.54 Å². The van der Waals surface area contributed by atoms with Crippen molar-refractivity contribution in [2.75, 3.05) is 19.0 Å². The van der Waals surface area contributed by atoms with Gasteiger partial charge >= 0.3 is 5.97 Å². The SMILES string of the molecule is COC(=O)c1cnc(NCC(C)C(C)(C)C)s1. The molecule has 0 radical (unpaired) electrons. The maximum Gasteiger partial charge on any atom is 0.349 e. The molecular formula is C12H20N2O2S. The molecule has 17 heavy (non-hydrogen) atoms. The van der Waals surface area contributed by atoms with E-state index >= 15 is 0 Å². The fraction of sp³-hybridized carbons (Fsp3) is 0.667.